The summed E-state index contributed by atoms with van der Waals surface area (Å²) in [5.74, 6) is 0.594. The average molecular weight is 1350 g/mol. The Morgan fingerprint density at radius 2 is 0.315 bits per heavy atom. The summed E-state index contributed by atoms with van der Waals surface area (Å²) in [5.41, 5.74) is 8.70. The topological polar surface area (TPSA) is 185 Å². The van der Waals surface area contributed by atoms with Gasteiger partial charge in [0.2, 0.25) is 0 Å². The maximum Gasteiger partial charge on any atom is 2.00 e. The van der Waals surface area contributed by atoms with Crippen LogP contribution in [0.15, 0.2) is 72.8 Å². The summed E-state index contributed by atoms with van der Waals surface area (Å²) in [6, 6.07) is 22.8. The molecule has 0 aromatic heterocycles. The first-order valence-corrected chi connectivity index (χ1v) is 31.2. The monoisotopic (exact) mass is 1350 g/mol. The van der Waals surface area contributed by atoms with Gasteiger partial charge in [-0.3, -0.25) is 0 Å². The van der Waals surface area contributed by atoms with E-state index < -0.39 is 0 Å². The van der Waals surface area contributed by atoms with Crippen LogP contribution < -0.4 is 20.4 Å². The molecule has 4 aromatic rings. The van der Waals surface area contributed by atoms with Crippen molar-refractivity contribution >= 4 is 75.5 Å². The second-order valence-corrected chi connectivity index (χ2v) is 29.8. The van der Waals surface area contributed by atoms with Crippen LogP contribution in [-0.4, -0.2) is 213 Å². The largest absolute Gasteiger partial charge is 2.00 e. The first-order chi connectivity index (χ1) is 41.1. The Kier molecular flexibility index (Phi) is 60.0. The van der Waals surface area contributed by atoms with Gasteiger partial charge in [0, 0.05) is 71.1 Å². The van der Waals surface area contributed by atoms with Gasteiger partial charge in [-0.15, -0.1) is 23.0 Å². The third kappa shape index (κ3) is 52.3. The second-order valence-electron chi connectivity index (χ2n) is 29.8. The van der Waals surface area contributed by atoms with Crippen LogP contribution in [0.1, 0.15) is 211 Å². The molecule has 0 heterocycles. The van der Waals surface area contributed by atoms with Crippen LogP contribution in [0.3, 0.4) is 0 Å². The fraction of sp³-hybridized carbons (Fsp3) is 0.684. The van der Waals surface area contributed by atoms with E-state index in [2.05, 4.69) is 238 Å². The number of ether oxygens (including phenoxy) is 10. The smallest absolute Gasteiger partial charge is 0.872 e. The standard InChI is InChI=1S/4C14H22O.5C4H10O2.2Ca/c4*1-13(2,3)10-7-8-12(15)11(9-10)14(4,5)6;5*1-5-3-4-6-2;;/h4*7-9,15H,1-6H3;5*3-4H2,1-2H3;;/q;;;;;;;;;2*+2/p-4. The molecule has 0 spiro atoms. The Hall–Kier alpha value is -1.80. The van der Waals surface area contributed by atoms with Crippen LogP contribution in [0.4, 0.5) is 0 Å². The maximum absolute atomic E-state index is 11.7. The molecule has 0 saturated carbocycles. The maximum atomic E-state index is 11.7. The summed E-state index contributed by atoms with van der Waals surface area (Å²) in [6.45, 7) is 57.9. The van der Waals surface area contributed by atoms with Gasteiger partial charge in [0.15, 0.2) is 0 Å². The predicted octanol–water partition coefficient (Wildman–Crippen LogP) is 14.1. The van der Waals surface area contributed by atoms with E-state index >= 15 is 0 Å². The molecular weight excluding hydrogens is 1220 g/mol. The first kappa shape index (κ1) is 104. The van der Waals surface area contributed by atoms with Crippen molar-refractivity contribution in [1.29, 1.82) is 0 Å². The average Bonchev–Trinajstić information content (AvgIpc) is 0.871. The summed E-state index contributed by atoms with van der Waals surface area (Å²) in [7, 11) is 16.5. The van der Waals surface area contributed by atoms with Crippen molar-refractivity contribution in [3.05, 3.63) is 117 Å². The summed E-state index contributed by atoms with van der Waals surface area (Å²) >= 11 is 0. The molecule has 0 aliphatic heterocycles. The van der Waals surface area contributed by atoms with Crippen molar-refractivity contribution in [2.45, 2.75) is 209 Å². The molecule has 14 nitrogen and oxygen atoms in total. The second kappa shape index (κ2) is 53.2. The van der Waals surface area contributed by atoms with Gasteiger partial charge in [0.1, 0.15) is 0 Å². The van der Waals surface area contributed by atoms with E-state index in [1.807, 2.05) is 24.3 Å². The van der Waals surface area contributed by atoms with Crippen LogP contribution in [-0.2, 0) is 90.7 Å². The zero-order chi connectivity index (χ0) is 71.6. The van der Waals surface area contributed by atoms with E-state index in [9.17, 15) is 20.4 Å². The fourth-order valence-corrected chi connectivity index (χ4v) is 7.16. The van der Waals surface area contributed by atoms with Gasteiger partial charge in [0.05, 0.1) is 66.1 Å². The molecule has 0 unspecified atom stereocenters. The molecule has 4 aromatic carbocycles. The molecule has 0 fully saturated rings. The van der Waals surface area contributed by atoms with E-state index in [4.69, 9.17) is 0 Å². The molecule has 92 heavy (non-hydrogen) atoms. The van der Waals surface area contributed by atoms with E-state index in [1.165, 1.54) is 22.3 Å². The minimum absolute atomic E-state index is 0. The van der Waals surface area contributed by atoms with Gasteiger partial charge in [-0.1, -0.05) is 261 Å². The van der Waals surface area contributed by atoms with Gasteiger partial charge < -0.3 is 67.8 Å². The molecule has 0 saturated heterocycles. The van der Waals surface area contributed by atoms with Crippen LogP contribution in [0, 0.1) is 0 Å². The van der Waals surface area contributed by atoms with Crippen molar-refractivity contribution in [2.24, 2.45) is 0 Å². The van der Waals surface area contributed by atoms with Gasteiger partial charge in [-0.2, -0.15) is 0 Å². The number of methoxy groups -OCH3 is 10. The molecular formula is C76H134Ca2O14. The SMILES string of the molecule is CC(C)(C)c1ccc([O-])c(C(C)(C)C)c1.CC(C)(C)c1ccc([O-])c(C(C)(C)C)c1.CC(C)(C)c1ccc([O-])c(C(C)(C)C)c1.CC(C)(C)c1ccc([O-])c(C(C)(C)C)c1.COCCOC.COCCOC.COCCOC.COCCOC.COCCOC.[Ca+2].[Ca+2]. The number of benzene rings is 4. The van der Waals surface area contributed by atoms with Gasteiger partial charge in [0.25, 0.3) is 0 Å². The van der Waals surface area contributed by atoms with Crippen molar-refractivity contribution in [3.8, 4) is 23.0 Å². The minimum atomic E-state index is -0.0711. The van der Waals surface area contributed by atoms with E-state index in [0.29, 0.717) is 66.1 Å². The Labute approximate surface area is 624 Å². The van der Waals surface area contributed by atoms with E-state index in [-0.39, 0.29) is 142 Å². The number of hydrogen-bond acceptors (Lipinski definition) is 14. The molecule has 0 bridgehead atoms. The molecule has 0 aliphatic carbocycles. The van der Waals surface area contributed by atoms with Crippen LogP contribution in [0.5, 0.6) is 23.0 Å². The van der Waals surface area contributed by atoms with Crippen molar-refractivity contribution in [3.63, 3.8) is 0 Å². The summed E-state index contributed by atoms with van der Waals surface area (Å²) in [6.07, 6.45) is 0. The molecule has 0 atom stereocenters. The zero-order valence-electron chi connectivity index (χ0n) is 65.1. The fourth-order valence-electron chi connectivity index (χ4n) is 7.16. The van der Waals surface area contributed by atoms with E-state index in [0.717, 1.165) is 22.3 Å². The Balaban J connectivity index is -0.000000182. The predicted molar refractivity (Wildman–Crippen MR) is 383 cm³/mol. The minimum Gasteiger partial charge on any atom is -0.872 e. The Morgan fingerprint density at radius 1 is 0.207 bits per heavy atom. The van der Waals surface area contributed by atoms with Crippen LogP contribution in [0.25, 0.3) is 0 Å². The third-order valence-electron chi connectivity index (χ3n) is 13.1. The van der Waals surface area contributed by atoms with E-state index in [1.54, 1.807) is 95.4 Å². The van der Waals surface area contributed by atoms with Crippen molar-refractivity contribution in [1.82, 2.24) is 0 Å². The Morgan fingerprint density at radius 3 is 0.391 bits per heavy atom. The summed E-state index contributed by atoms with van der Waals surface area (Å²) in [4.78, 5) is 0. The zero-order valence-corrected chi connectivity index (χ0v) is 69.5. The molecule has 16 heteroatoms. The molecule has 4 rings (SSSR count). The normalized spacial score (nSPS) is 11.4. The first-order valence-electron chi connectivity index (χ1n) is 31.2. The van der Waals surface area contributed by atoms with Crippen molar-refractivity contribution in [2.75, 3.05) is 137 Å². The molecule has 0 amide bonds. The third-order valence-corrected chi connectivity index (χ3v) is 13.1. The number of rotatable bonds is 15. The molecule has 0 aliphatic rings. The number of hydrogen-bond donors (Lipinski definition) is 0. The van der Waals surface area contributed by atoms with Gasteiger partial charge in [-0.05, 0) is 65.6 Å². The van der Waals surface area contributed by atoms with Crippen LogP contribution >= 0.6 is 0 Å². The quantitative estimate of drug-likeness (QED) is 0.0808. The molecule has 0 N–H and O–H groups in total. The molecule has 526 valence electrons. The van der Waals surface area contributed by atoms with Crippen LogP contribution in [0.2, 0.25) is 0 Å². The van der Waals surface area contributed by atoms with Crippen molar-refractivity contribution < 1.29 is 67.8 Å². The molecule has 0 radical (unpaired) electrons. The summed E-state index contributed by atoms with van der Waals surface area (Å²) < 4.78 is 46.6. The Bertz CT molecular complexity index is 2030. The summed E-state index contributed by atoms with van der Waals surface area (Å²) in [5, 5.41) is 47.0. The van der Waals surface area contributed by atoms with Gasteiger partial charge in [-0.25, -0.2) is 0 Å². The van der Waals surface area contributed by atoms with Gasteiger partial charge >= 0.3 is 75.5 Å².